The van der Waals surface area contributed by atoms with Gasteiger partial charge in [0, 0.05) is 31.6 Å². The molecule has 0 radical (unpaired) electrons. The summed E-state index contributed by atoms with van der Waals surface area (Å²) >= 11 is 0. The van der Waals surface area contributed by atoms with Gasteiger partial charge in [0.15, 0.2) is 5.96 Å². The Balaban J connectivity index is 1.91. The van der Waals surface area contributed by atoms with Crippen molar-refractivity contribution in [2.24, 2.45) is 4.99 Å². The van der Waals surface area contributed by atoms with Gasteiger partial charge in [-0.15, -0.1) is 0 Å². The zero-order chi connectivity index (χ0) is 18.6. The average Bonchev–Trinajstić information content (AvgIpc) is 2.70. The minimum Gasteiger partial charge on any atom is -0.489 e. The van der Waals surface area contributed by atoms with E-state index in [2.05, 4.69) is 22.2 Å². The molecule has 0 aliphatic carbocycles. The lowest BCUT2D eigenvalue weighted by molar-refractivity contribution is 0.265. The fraction of sp³-hybridized carbons (Fsp3) is 0.286. The van der Waals surface area contributed by atoms with Gasteiger partial charge in [0.05, 0.1) is 6.61 Å². The van der Waals surface area contributed by atoms with Crippen molar-refractivity contribution < 1.29 is 9.84 Å². The van der Waals surface area contributed by atoms with Crippen LogP contribution in [0.3, 0.4) is 0 Å². The molecular weight excluding hydrogens is 326 g/mol. The number of ether oxygens (including phenoxy) is 1. The number of rotatable bonds is 9. The van der Waals surface area contributed by atoms with E-state index in [0.717, 1.165) is 16.9 Å². The third-order valence-electron chi connectivity index (χ3n) is 4.01. The Morgan fingerprint density at radius 1 is 1.15 bits per heavy atom. The molecule has 3 N–H and O–H groups in total. The van der Waals surface area contributed by atoms with E-state index in [0.29, 0.717) is 25.7 Å². The van der Waals surface area contributed by atoms with Gasteiger partial charge in [-0.25, -0.2) is 0 Å². The van der Waals surface area contributed by atoms with E-state index in [1.165, 1.54) is 0 Å². The van der Waals surface area contributed by atoms with Crippen LogP contribution in [0.2, 0.25) is 0 Å². The maximum atomic E-state index is 9.67. The van der Waals surface area contributed by atoms with Gasteiger partial charge < -0.3 is 20.5 Å². The highest BCUT2D eigenvalue weighted by Crippen LogP contribution is 2.17. The Morgan fingerprint density at radius 3 is 2.58 bits per heavy atom. The molecule has 2 aromatic rings. The minimum absolute atomic E-state index is 0.0120. The average molecular weight is 353 g/mol. The van der Waals surface area contributed by atoms with Crippen LogP contribution in [-0.2, 0) is 6.54 Å². The van der Waals surface area contributed by atoms with Gasteiger partial charge in [0.1, 0.15) is 12.4 Å². The van der Waals surface area contributed by atoms with Crippen LogP contribution >= 0.6 is 0 Å². The van der Waals surface area contributed by atoms with Crippen LogP contribution in [0.15, 0.2) is 72.2 Å². The molecule has 0 saturated carbocycles. The highest BCUT2D eigenvalue weighted by atomic mass is 16.5. The van der Waals surface area contributed by atoms with Crippen LogP contribution in [0.1, 0.15) is 17.0 Å². The second-order valence-electron chi connectivity index (χ2n) is 5.80. The SMILES string of the molecule is C=CCOc1ccccc1CNC(=NC)NCC(CO)c1ccccc1. The largest absolute Gasteiger partial charge is 0.489 e. The quantitative estimate of drug-likeness (QED) is 0.368. The molecule has 0 aromatic heterocycles. The molecule has 1 unspecified atom stereocenters. The third-order valence-corrected chi connectivity index (χ3v) is 4.01. The van der Waals surface area contributed by atoms with E-state index in [-0.39, 0.29) is 12.5 Å². The molecule has 0 bridgehead atoms. The molecule has 0 saturated heterocycles. The van der Waals surface area contributed by atoms with E-state index >= 15 is 0 Å². The summed E-state index contributed by atoms with van der Waals surface area (Å²) in [5.74, 6) is 1.52. The summed E-state index contributed by atoms with van der Waals surface area (Å²) in [5, 5.41) is 16.2. The normalized spacial score (nSPS) is 12.3. The molecular formula is C21H27N3O2. The first kappa shape index (κ1) is 19.5. The van der Waals surface area contributed by atoms with E-state index in [1.807, 2.05) is 54.6 Å². The number of aliphatic imine (C=N–C) groups is 1. The van der Waals surface area contributed by atoms with E-state index in [9.17, 15) is 5.11 Å². The molecule has 26 heavy (non-hydrogen) atoms. The number of aliphatic hydroxyl groups is 1. The van der Waals surface area contributed by atoms with Crippen LogP contribution in [0.4, 0.5) is 0 Å². The summed E-state index contributed by atoms with van der Waals surface area (Å²) in [6, 6.07) is 17.8. The van der Waals surface area contributed by atoms with Crippen LogP contribution in [-0.4, -0.2) is 37.9 Å². The Morgan fingerprint density at radius 2 is 1.88 bits per heavy atom. The van der Waals surface area contributed by atoms with Gasteiger partial charge in [0.25, 0.3) is 0 Å². The van der Waals surface area contributed by atoms with E-state index in [1.54, 1.807) is 13.1 Å². The molecule has 0 fully saturated rings. The maximum absolute atomic E-state index is 9.67. The summed E-state index contributed by atoms with van der Waals surface area (Å²) in [4.78, 5) is 4.25. The number of nitrogens with one attached hydrogen (secondary N) is 2. The molecule has 0 amide bonds. The number of nitrogens with zero attached hydrogens (tertiary/aromatic N) is 1. The lowest BCUT2D eigenvalue weighted by Crippen LogP contribution is -2.39. The Labute approximate surface area is 155 Å². The number of para-hydroxylation sites is 1. The summed E-state index contributed by atoms with van der Waals surface area (Å²) in [6.07, 6.45) is 1.73. The second-order valence-corrected chi connectivity index (χ2v) is 5.80. The summed E-state index contributed by atoms with van der Waals surface area (Å²) in [7, 11) is 1.73. The summed E-state index contributed by atoms with van der Waals surface area (Å²) < 4.78 is 5.67. The first-order chi connectivity index (χ1) is 12.8. The lowest BCUT2D eigenvalue weighted by Gasteiger charge is -2.18. The van der Waals surface area contributed by atoms with Gasteiger partial charge in [0.2, 0.25) is 0 Å². The fourth-order valence-corrected chi connectivity index (χ4v) is 2.57. The fourth-order valence-electron chi connectivity index (χ4n) is 2.57. The third kappa shape index (κ3) is 5.93. The smallest absolute Gasteiger partial charge is 0.191 e. The Hall–Kier alpha value is -2.79. The van der Waals surface area contributed by atoms with Gasteiger partial charge in [-0.2, -0.15) is 0 Å². The lowest BCUT2D eigenvalue weighted by atomic mass is 10.0. The van der Waals surface area contributed by atoms with Crippen LogP contribution < -0.4 is 15.4 Å². The van der Waals surface area contributed by atoms with Crippen LogP contribution in [0, 0.1) is 0 Å². The van der Waals surface area contributed by atoms with E-state index < -0.39 is 0 Å². The molecule has 0 aliphatic rings. The van der Waals surface area contributed by atoms with Crippen molar-refractivity contribution in [3.63, 3.8) is 0 Å². The predicted molar refractivity (Wildman–Crippen MR) is 107 cm³/mol. The van der Waals surface area contributed by atoms with Crippen LogP contribution in [0.25, 0.3) is 0 Å². The number of benzene rings is 2. The summed E-state index contributed by atoms with van der Waals surface area (Å²) in [5.41, 5.74) is 2.14. The van der Waals surface area contributed by atoms with Crippen LogP contribution in [0.5, 0.6) is 5.75 Å². The Bertz CT molecular complexity index is 701. The van der Waals surface area contributed by atoms with Crippen molar-refractivity contribution in [2.75, 3.05) is 26.8 Å². The number of aliphatic hydroxyl groups excluding tert-OH is 1. The standard InChI is InChI=1S/C21H27N3O2/c1-3-13-26-20-12-8-7-11-18(20)14-23-21(22-2)24-15-19(16-25)17-9-5-4-6-10-17/h3-12,19,25H,1,13-16H2,2H3,(H2,22,23,24). The zero-order valence-electron chi connectivity index (χ0n) is 15.2. The molecule has 2 aromatic carbocycles. The van der Waals surface area contributed by atoms with E-state index in [4.69, 9.17) is 4.74 Å². The minimum atomic E-state index is 0.0120. The molecule has 5 heteroatoms. The van der Waals surface area contributed by atoms with Crippen molar-refractivity contribution >= 4 is 5.96 Å². The van der Waals surface area contributed by atoms with Crippen molar-refractivity contribution in [3.8, 4) is 5.75 Å². The molecule has 5 nitrogen and oxygen atoms in total. The van der Waals surface area contributed by atoms with Crippen molar-refractivity contribution in [2.45, 2.75) is 12.5 Å². The number of guanidine groups is 1. The maximum Gasteiger partial charge on any atom is 0.191 e. The van der Waals surface area contributed by atoms with Gasteiger partial charge in [-0.05, 0) is 11.6 Å². The first-order valence-electron chi connectivity index (χ1n) is 8.70. The van der Waals surface area contributed by atoms with Crippen molar-refractivity contribution in [3.05, 3.63) is 78.4 Å². The molecule has 1 atom stereocenters. The zero-order valence-corrected chi connectivity index (χ0v) is 15.2. The molecule has 2 rings (SSSR count). The predicted octanol–water partition coefficient (Wildman–Crippen LogP) is 2.69. The first-order valence-corrected chi connectivity index (χ1v) is 8.70. The van der Waals surface area contributed by atoms with Gasteiger partial charge in [-0.1, -0.05) is 61.2 Å². The topological polar surface area (TPSA) is 65.9 Å². The molecule has 138 valence electrons. The van der Waals surface area contributed by atoms with Crippen molar-refractivity contribution in [1.29, 1.82) is 0 Å². The Kier molecular flexibility index (Phi) is 8.23. The van der Waals surface area contributed by atoms with Gasteiger partial charge >= 0.3 is 0 Å². The highest BCUT2D eigenvalue weighted by molar-refractivity contribution is 5.79. The second kappa shape index (κ2) is 10.9. The highest BCUT2D eigenvalue weighted by Gasteiger charge is 2.11. The van der Waals surface area contributed by atoms with Crippen molar-refractivity contribution in [1.82, 2.24) is 10.6 Å². The summed E-state index contributed by atoms with van der Waals surface area (Å²) in [6.45, 7) is 5.40. The van der Waals surface area contributed by atoms with Gasteiger partial charge in [-0.3, -0.25) is 4.99 Å². The molecule has 0 heterocycles. The number of hydrogen-bond acceptors (Lipinski definition) is 3. The molecule has 0 aliphatic heterocycles. The monoisotopic (exact) mass is 353 g/mol. The molecule has 0 spiro atoms. The number of hydrogen-bond donors (Lipinski definition) is 3.